The molecule has 3 amide bonds. The highest BCUT2D eigenvalue weighted by Gasteiger charge is 2.32. The van der Waals surface area contributed by atoms with Crippen LogP contribution in [0.2, 0.25) is 0 Å². The molecule has 1 aliphatic heterocycles. The third-order valence-electron chi connectivity index (χ3n) is 4.51. The number of aromatic nitrogens is 1. The number of hydrogen-bond donors (Lipinski definition) is 1. The number of hydrogen-bond acceptors (Lipinski definition) is 5. The molecule has 0 saturated carbocycles. The molecular weight excluding hydrogens is 362 g/mol. The Labute approximate surface area is 159 Å². The molecule has 1 aromatic heterocycles. The minimum Gasteiger partial charge on any atom is -0.302 e. The van der Waals surface area contributed by atoms with E-state index >= 15 is 0 Å². The molecule has 6 nitrogen and oxygen atoms in total. The average Bonchev–Trinajstić information content (AvgIpc) is 3.07. The minimum absolute atomic E-state index is 0.177. The first-order valence-corrected chi connectivity index (χ1v) is 9.46. The predicted molar refractivity (Wildman–Crippen MR) is 104 cm³/mol. The van der Waals surface area contributed by atoms with Crippen molar-refractivity contribution in [1.29, 1.82) is 0 Å². The van der Waals surface area contributed by atoms with Crippen molar-refractivity contribution >= 4 is 45.0 Å². The van der Waals surface area contributed by atoms with Crippen LogP contribution >= 0.6 is 11.3 Å². The van der Waals surface area contributed by atoms with Crippen molar-refractivity contribution in [2.75, 3.05) is 11.9 Å². The van der Waals surface area contributed by atoms with Crippen molar-refractivity contribution in [3.05, 3.63) is 58.6 Å². The van der Waals surface area contributed by atoms with Gasteiger partial charge in [0.2, 0.25) is 5.91 Å². The second-order valence-electron chi connectivity index (χ2n) is 6.40. The van der Waals surface area contributed by atoms with E-state index in [9.17, 15) is 14.4 Å². The predicted octanol–water partition coefficient (Wildman–Crippen LogP) is 3.62. The maximum absolute atomic E-state index is 12.8. The van der Waals surface area contributed by atoms with Gasteiger partial charge in [-0.15, -0.1) is 11.3 Å². The Morgan fingerprint density at radius 3 is 2.37 bits per heavy atom. The number of nitrogens with zero attached hydrogens (tertiary/aromatic N) is 2. The molecule has 3 aromatic rings. The van der Waals surface area contributed by atoms with Crippen LogP contribution in [0.4, 0.5) is 5.13 Å². The molecule has 0 unspecified atom stereocenters. The van der Waals surface area contributed by atoms with Crippen LogP contribution in [0.3, 0.4) is 0 Å². The zero-order valence-corrected chi connectivity index (χ0v) is 15.5. The Morgan fingerprint density at radius 1 is 1.11 bits per heavy atom. The summed E-state index contributed by atoms with van der Waals surface area (Å²) in [5.41, 5.74) is 1.07. The number of nitrogens with one attached hydrogen (secondary N) is 1. The van der Waals surface area contributed by atoms with E-state index in [0.29, 0.717) is 28.1 Å². The fraction of sp³-hybridized carbons (Fsp3) is 0.200. The fourth-order valence-corrected chi connectivity index (χ4v) is 3.96. The minimum atomic E-state index is -0.305. The topological polar surface area (TPSA) is 79.4 Å². The van der Waals surface area contributed by atoms with E-state index in [0.717, 1.165) is 10.3 Å². The Bertz CT molecular complexity index is 1020. The monoisotopic (exact) mass is 379 g/mol. The lowest BCUT2D eigenvalue weighted by atomic mass is 9.94. The van der Waals surface area contributed by atoms with Crippen molar-refractivity contribution in [3.8, 4) is 0 Å². The van der Waals surface area contributed by atoms with Crippen LogP contribution in [0.5, 0.6) is 0 Å². The van der Waals surface area contributed by atoms with Gasteiger partial charge in [0.25, 0.3) is 11.8 Å². The average molecular weight is 379 g/mol. The van der Waals surface area contributed by atoms with Crippen LogP contribution in [0.15, 0.2) is 42.6 Å². The smallest absolute Gasteiger partial charge is 0.261 e. The van der Waals surface area contributed by atoms with E-state index in [-0.39, 0.29) is 30.7 Å². The first kappa shape index (κ1) is 17.4. The molecular formula is C20H17N3O3S. The molecule has 0 saturated heterocycles. The Kier molecular flexibility index (Phi) is 4.45. The van der Waals surface area contributed by atoms with Crippen molar-refractivity contribution < 1.29 is 14.4 Å². The third kappa shape index (κ3) is 3.21. The summed E-state index contributed by atoms with van der Waals surface area (Å²) in [6.45, 7) is 2.12. The van der Waals surface area contributed by atoms with Crippen LogP contribution in [0.25, 0.3) is 10.8 Å². The molecule has 0 aliphatic carbocycles. The molecule has 0 radical (unpaired) electrons. The fourth-order valence-electron chi connectivity index (χ4n) is 3.28. The van der Waals surface area contributed by atoms with Gasteiger partial charge in [-0.3, -0.25) is 19.3 Å². The number of anilines is 1. The molecule has 2 heterocycles. The number of carbonyl (C=O) groups excluding carboxylic acids is 3. The molecule has 136 valence electrons. The van der Waals surface area contributed by atoms with Gasteiger partial charge in [0.15, 0.2) is 5.13 Å². The maximum atomic E-state index is 12.8. The molecule has 0 spiro atoms. The summed E-state index contributed by atoms with van der Waals surface area (Å²) in [6.07, 6.45) is 2.30. The molecule has 0 atom stereocenters. The first-order chi connectivity index (χ1) is 13.0. The number of benzene rings is 2. The van der Waals surface area contributed by atoms with E-state index in [4.69, 9.17) is 0 Å². The van der Waals surface area contributed by atoms with Gasteiger partial charge in [0.05, 0.1) is 0 Å². The Morgan fingerprint density at radius 2 is 1.78 bits per heavy atom. The lowest BCUT2D eigenvalue weighted by Crippen LogP contribution is -2.41. The van der Waals surface area contributed by atoms with Gasteiger partial charge < -0.3 is 5.32 Å². The van der Waals surface area contributed by atoms with E-state index in [1.54, 1.807) is 18.3 Å². The molecule has 0 bridgehead atoms. The van der Waals surface area contributed by atoms with Crippen LogP contribution in [-0.4, -0.2) is 34.2 Å². The summed E-state index contributed by atoms with van der Waals surface area (Å²) >= 11 is 1.41. The van der Waals surface area contributed by atoms with Gasteiger partial charge in [-0.25, -0.2) is 4.98 Å². The SMILES string of the molecule is Cc1cnc(NC(=O)CCCN2C(=O)c3cccc4cccc(c34)C2=O)s1. The van der Waals surface area contributed by atoms with E-state index < -0.39 is 0 Å². The summed E-state index contributed by atoms with van der Waals surface area (Å²) in [6, 6.07) is 10.9. The molecule has 27 heavy (non-hydrogen) atoms. The number of imide groups is 1. The lowest BCUT2D eigenvalue weighted by Gasteiger charge is -2.27. The molecule has 1 N–H and O–H groups in total. The van der Waals surface area contributed by atoms with E-state index in [1.165, 1.54) is 16.2 Å². The number of amides is 3. The summed E-state index contributed by atoms with van der Waals surface area (Å²) in [4.78, 5) is 43.9. The molecule has 7 heteroatoms. The second kappa shape index (κ2) is 6.92. The van der Waals surface area contributed by atoms with Crippen molar-refractivity contribution in [1.82, 2.24) is 9.88 Å². The van der Waals surface area contributed by atoms with Gasteiger partial charge in [-0.05, 0) is 30.9 Å². The quantitative estimate of drug-likeness (QED) is 0.687. The number of thiazole rings is 1. The van der Waals surface area contributed by atoms with Crippen molar-refractivity contribution in [2.45, 2.75) is 19.8 Å². The maximum Gasteiger partial charge on any atom is 0.261 e. The highest BCUT2D eigenvalue weighted by atomic mass is 32.1. The summed E-state index contributed by atoms with van der Waals surface area (Å²) < 4.78 is 0. The molecule has 1 aliphatic rings. The Balaban J connectivity index is 1.45. The van der Waals surface area contributed by atoms with E-state index in [2.05, 4.69) is 10.3 Å². The molecule has 2 aromatic carbocycles. The normalized spacial score (nSPS) is 13.3. The lowest BCUT2D eigenvalue weighted by molar-refractivity contribution is -0.116. The third-order valence-corrected chi connectivity index (χ3v) is 5.34. The second-order valence-corrected chi connectivity index (χ2v) is 7.63. The number of rotatable bonds is 5. The number of aryl methyl sites for hydroxylation is 1. The standard InChI is InChI=1S/C20H17N3O3S/c1-12-11-21-20(27-12)22-16(24)9-4-10-23-18(25)14-7-2-5-13-6-3-8-15(17(13)14)19(23)26/h2-3,5-8,11H,4,9-10H2,1H3,(H,21,22,24). The number of carbonyl (C=O) groups is 3. The highest BCUT2D eigenvalue weighted by molar-refractivity contribution is 7.15. The van der Waals surface area contributed by atoms with Gasteiger partial charge in [-0.2, -0.15) is 0 Å². The summed E-state index contributed by atoms with van der Waals surface area (Å²) in [7, 11) is 0. The highest BCUT2D eigenvalue weighted by Crippen LogP contribution is 2.30. The molecule has 0 fully saturated rings. The van der Waals surface area contributed by atoms with Gasteiger partial charge in [0, 0.05) is 40.6 Å². The molecule has 4 rings (SSSR count). The largest absolute Gasteiger partial charge is 0.302 e. The van der Waals surface area contributed by atoms with Crippen LogP contribution in [-0.2, 0) is 4.79 Å². The van der Waals surface area contributed by atoms with E-state index in [1.807, 2.05) is 31.2 Å². The van der Waals surface area contributed by atoms with Gasteiger partial charge in [0.1, 0.15) is 0 Å². The van der Waals surface area contributed by atoms with Crippen molar-refractivity contribution in [3.63, 3.8) is 0 Å². The Hall–Kier alpha value is -3.06. The summed E-state index contributed by atoms with van der Waals surface area (Å²) in [5, 5.41) is 4.88. The summed E-state index contributed by atoms with van der Waals surface area (Å²) in [5.74, 6) is -0.788. The van der Waals surface area contributed by atoms with Crippen LogP contribution in [0.1, 0.15) is 38.4 Å². The van der Waals surface area contributed by atoms with Crippen molar-refractivity contribution in [2.24, 2.45) is 0 Å². The zero-order valence-electron chi connectivity index (χ0n) is 14.7. The van der Waals surface area contributed by atoms with Gasteiger partial charge in [-0.1, -0.05) is 24.3 Å². The van der Waals surface area contributed by atoms with Crippen LogP contribution < -0.4 is 5.32 Å². The first-order valence-electron chi connectivity index (χ1n) is 8.65. The van der Waals surface area contributed by atoms with Crippen LogP contribution in [0, 0.1) is 6.92 Å². The zero-order chi connectivity index (χ0) is 19.0. The van der Waals surface area contributed by atoms with Gasteiger partial charge >= 0.3 is 0 Å².